The Bertz CT molecular complexity index is 693. The maximum absolute atomic E-state index is 12.9. The summed E-state index contributed by atoms with van der Waals surface area (Å²) in [5.74, 6) is 0.102. The van der Waals surface area contributed by atoms with Gasteiger partial charge in [-0.2, -0.15) is 0 Å². The second kappa shape index (κ2) is 8.13. The number of halogens is 1. The highest BCUT2D eigenvalue weighted by atomic mass is 127. The first-order valence-electron chi connectivity index (χ1n) is 8.13. The molecule has 0 radical (unpaired) electrons. The van der Waals surface area contributed by atoms with Gasteiger partial charge in [0.1, 0.15) is 5.69 Å². The Kier molecular flexibility index (Phi) is 5.91. The van der Waals surface area contributed by atoms with Crippen molar-refractivity contribution in [3.05, 3.63) is 51.9 Å². The number of aromatic nitrogens is 1. The molecule has 1 amide bonds. The molecular formula is C18H22IN3O2. The molecule has 128 valence electrons. The summed E-state index contributed by atoms with van der Waals surface area (Å²) in [4.78, 5) is 17.2. The minimum Gasteiger partial charge on any atom is -0.383 e. The minimum atomic E-state index is 0.102. The first-order chi connectivity index (χ1) is 11.7. The second-order valence-electron chi connectivity index (χ2n) is 5.87. The highest BCUT2D eigenvalue weighted by Crippen LogP contribution is 2.18. The summed E-state index contributed by atoms with van der Waals surface area (Å²) in [5, 5.41) is 0. The average Bonchev–Trinajstić information content (AvgIpc) is 3.09. The first kappa shape index (κ1) is 17.4. The number of methoxy groups -OCH3 is 1. The third-order valence-corrected chi connectivity index (χ3v) is 5.00. The third-order valence-electron chi connectivity index (χ3n) is 4.33. The van der Waals surface area contributed by atoms with Crippen molar-refractivity contribution in [2.24, 2.45) is 0 Å². The number of carbonyl (C=O) groups excluding carboxylic acids is 1. The fourth-order valence-corrected chi connectivity index (χ4v) is 3.49. The molecule has 0 bridgehead atoms. The van der Waals surface area contributed by atoms with Gasteiger partial charge in [0.25, 0.3) is 5.91 Å². The van der Waals surface area contributed by atoms with Crippen molar-refractivity contribution in [1.82, 2.24) is 14.4 Å². The van der Waals surface area contributed by atoms with Gasteiger partial charge in [-0.1, -0.05) is 6.07 Å². The van der Waals surface area contributed by atoms with Crippen LogP contribution in [0.4, 0.5) is 0 Å². The number of rotatable bonds is 5. The Morgan fingerprint density at radius 3 is 2.67 bits per heavy atom. The molecule has 0 spiro atoms. The molecule has 2 heterocycles. The molecule has 0 atom stereocenters. The molecule has 1 aromatic carbocycles. The summed E-state index contributed by atoms with van der Waals surface area (Å²) in [5.41, 5.74) is 1.75. The molecule has 0 aliphatic carbocycles. The molecule has 6 heteroatoms. The predicted octanol–water partition coefficient (Wildman–Crippen LogP) is 2.49. The molecule has 1 aromatic heterocycles. The number of nitrogens with zero attached hydrogens (tertiary/aromatic N) is 3. The van der Waals surface area contributed by atoms with Crippen molar-refractivity contribution < 1.29 is 9.53 Å². The molecule has 24 heavy (non-hydrogen) atoms. The molecule has 5 nitrogen and oxygen atoms in total. The molecule has 1 aliphatic rings. The van der Waals surface area contributed by atoms with Crippen molar-refractivity contribution in [2.75, 3.05) is 46.4 Å². The van der Waals surface area contributed by atoms with Gasteiger partial charge < -0.3 is 14.2 Å². The van der Waals surface area contributed by atoms with Crippen LogP contribution in [0.25, 0.3) is 5.69 Å². The van der Waals surface area contributed by atoms with Gasteiger partial charge in [-0.05, 0) is 52.9 Å². The number of ether oxygens (including phenoxy) is 1. The molecule has 1 fully saturated rings. The monoisotopic (exact) mass is 439 g/mol. The van der Waals surface area contributed by atoms with E-state index in [1.165, 1.54) is 0 Å². The summed E-state index contributed by atoms with van der Waals surface area (Å²) in [7, 11) is 1.72. The van der Waals surface area contributed by atoms with Crippen LogP contribution in [0.1, 0.15) is 10.5 Å². The minimum absolute atomic E-state index is 0.102. The van der Waals surface area contributed by atoms with E-state index in [9.17, 15) is 4.79 Å². The number of hydrogen-bond donors (Lipinski definition) is 0. The Labute approximate surface area is 156 Å². The van der Waals surface area contributed by atoms with Gasteiger partial charge in [0, 0.05) is 55.3 Å². The molecular weight excluding hydrogens is 417 g/mol. The maximum atomic E-state index is 12.9. The summed E-state index contributed by atoms with van der Waals surface area (Å²) in [6, 6.07) is 12.0. The van der Waals surface area contributed by atoms with E-state index in [1.807, 2.05) is 46.0 Å². The SMILES string of the molecule is COCCN1CCN(C(=O)c2cccn2-c2cccc(I)c2)CC1. The van der Waals surface area contributed by atoms with Crippen LogP contribution < -0.4 is 0 Å². The maximum Gasteiger partial charge on any atom is 0.270 e. The van der Waals surface area contributed by atoms with E-state index in [-0.39, 0.29) is 5.91 Å². The van der Waals surface area contributed by atoms with Crippen LogP contribution in [-0.2, 0) is 4.74 Å². The quantitative estimate of drug-likeness (QED) is 0.673. The summed E-state index contributed by atoms with van der Waals surface area (Å²) < 4.78 is 8.26. The van der Waals surface area contributed by atoms with Crippen LogP contribution in [-0.4, -0.2) is 66.7 Å². The summed E-state index contributed by atoms with van der Waals surface area (Å²) in [6.07, 6.45) is 1.95. The van der Waals surface area contributed by atoms with E-state index < -0.39 is 0 Å². The van der Waals surface area contributed by atoms with Crippen molar-refractivity contribution in [2.45, 2.75) is 0 Å². The van der Waals surface area contributed by atoms with E-state index in [1.54, 1.807) is 7.11 Å². The zero-order valence-corrected chi connectivity index (χ0v) is 16.0. The molecule has 1 saturated heterocycles. The van der Waals surface area contributed by atoms with Crippen LogP contribution >= 0.6 is 22.6 Å². The van der Waals surface area contributed by atoms with E-state index in [2.05, 4.69) is 33.6 Å². The first-order valence-corrected chi connectivity index (χ1v) is 9.21. The molecule has 0 saturated carbocycles. The lowest BCUT2D eigenvalue weighted by molar-refractivity contribution is 0.0587. The van der Waals surface area contributed by atoms with Crippen LogP contribution in [0.3, 0.4) is 0 Å². The van der Waals surface area contributed by atoms with Crippen molar-refractivity contribution in [3.63, 3.8) is 0 Å². The van der Waals surface area contributed by atoms with Crippen LogP contribution in [0.15, 0.2) is 42.6 Å². The number of piperazine rings is 1. The highest BCUT2D eigenvalue weighted by molar-refractivity contribution is 14.1. The normalized spacial score (nSPS) is 15.7. The lowest BCUT2D eigenvalue weighted by Gasteiger charge is -2.34. The lowest BCUT2D eigenvalue weighted by atomic mass is 10.2. The van der Waals surface area contributed by atoms with E-state index >= 15 is 0 Å². The fraction of sp³-hybridized carbons (Fsp3) is 0.389. The van der Waals surface area contributed by atoms with Crippen LogP contribution in [0.2, 0.25) is 0 Å². The lowest BCUT2D eigenvalue weighted by Crippen LogP contribution is -2.49. The highest BCUT2D eigenvalue weighted by Gasteiger charge is 2.24. The van der Waals surface area contributed by atoms with E-state index in [0.29, 0.717) is 0 Å². The topological polar surface area (TPSA) is 37.7 Å². The Morgan fingerprint density at radius 2 is 1.96 bits per heavy atom. The van der Waals surface area contributed by atoms with Crippen molar-refractivity contribution in [1.29, 1.82) is 0 Å². The second-order valence-corrected chi connectivity index (χ2v) is 7.12. The van der Waals surface area contributed by atoms with Crippen LogP contribution in [0.5, 0.6) is 0 Å². The van der Waals surface area contributed by atoms with Crippen molar-refractivity contribution >= 4 is 28.5 Å². The van der Waals surface area contributed by atoms with E-state index in [0.717, 1.165) is 54.3 Å². The Hall–Kier alpha value is -1.38. The van der Waals surface area contributed by atoms with Gasteiger partial charge in [-0.25, -0.2) is 0 Å². The number of hydrogen-bond acceptors (Lipinski definition) is 3. The predicted molar refractivity (Wildman–Crippen MR) is 103 cm³/mol. The van der Waals surface area contributed by atoms with Crippen LogP contribution in [0, 0.1) is 3.57 Å². The number of carbonyl (C=O) groups is 1. The van der Waals surface area contributed by atoms with Gasteiger partial charge in [-0.15, -0.1) is 0 Å². The zero-order chi connectivity index (χ0) is 16.9. The third kappa shape index (κ3) is 3.99. The molecule has 0 unspecified atom stereocenters. The van der Waals surface area contributed by atoms with Gasteiger partial charge in [0.15, 0.2) is 0 Å². The molecule has 3 rings (SSSR count). The van der Waals surface area contributed by atoms with E-state index in [4.69, 9.17) is 4.74 Å². The van der Waals surface area contributed by atoms with Gasteiger partial charge in [0.05, 0.1) is 6.61 Å². The average molecular weight is 439 g/mol. The number of benzene rings is 1. The zero-order valence-electron chi connectivity index (χ0n) is 13.8. The smallest absolute Gasteiger partial charge is 0.270 e. The summed E-state index contributed by atoms with van der Waals surface area (Å²) in [6.45, 7) is 5.00. The molecule has 2 aromatic rings. The Morgan fingerprint density at radius 1 is 1.17 bits per heavy atom. The van der Waals surface area contributed by atoms with Gasteiger partial charge >= 0.3 is 0 Å². The largest absolute Gasteiger partial charge is 0.383 e. The number of amides is 1. The summed E-state index contributed by atoms with van der Waals surface area (Å²) >= 11 is 2.29. The fourth-order valence-electron chi connectivity index (χ4n) is 2.96. The standard InChI is InChI=1S/C18H22IN3O2/c1-24-13-12-20-8-10-21(11-9-20)18(23)17-6-3-7-22(17)16-5-2-4-15(19)14-16/h2-7,14H,8-13H2,1H3. The van der Waals surface area contributed by atoms with Gasteiger partial charge in [-0.3, -0.25) is 9.69 Å². The molecule has 0 N–H and O–H groups in total. The van der Waals surface area contributed by atoms with Crippen molar-refractivity contribution in [3.8, 4) is 5.69 Å². The molecule has 1 aliphatic heterocycles. The Balaban J connectivity index is 1.70. The van der Waals surface area contributed by atoms with Gasteiger partial charge in [0.2, 0.25) is 0 Å².